The second kappa shape index (κ2) is 5.28. The molecule has 0 aliphatic heterocycles. The van der Waals surface area contributed by atoms with Crippen LogP contribution >= 0.6 is 0 Å². The lowest BCUT2D eigenvalue weighted by atomic mass is 10.7. The van der Waals surface area contributed by atoms with Crippen LogP contribution in [0.25, 0.3) is 0 Å². The Labute approximate surface area is 55.7 Å². The summed E-state index contributed by atoms with van der Waals surface area (Å²) >= 11 is 0. The quantitative estimate of drug-likeness (QED) is 0.569. The highest BCUT2D eigenvalue weighted by Gasteiger charge is 1.78. The summed E-state index contributed by atoms with van der Waals surface area (Å²) in [4.78, 5) is 0. The summed E-state index contributed by atoms with van der Waals surface area (Å²) in [6.45, 7) is 6.93. The normalized spacial score (nSPS) is 7.89. The Hall–Kier alpha value is -0.860. The number of rotatable bonds is 1. The van der Waals surface area contributed by atoms with E-state index < -0.39 is 0 Å². The lowest BCUT2D eigenvalue weighted by Gasteiger charge is -1.85. The van der Waals surface area contributed by atoms with Crippen molar-refractivity contribution in [2.24, 2.45) is 0 Å². The molecule has 0 fully saturated rings. The van der Waals surface area contributed by atoms with Crippen molar-refractivity contribution in [3.63, 3.8) is 0 Å². The molecule has 0 unspecified atom stereocenters. The molecule has 0 aliphatic rings. The van der Waals surface area contributed by atoms with Crippen molar-refractivity contribution in [3.8, 4) is 0 Å². The topological polar surface area (TPSA) is 30.7 Å². The fraction of sp³-hybridized carbons (Fsp3) is 0.667. The van der Waals surface area contributed by atoms with E-state index in [0.717, 1.165) is 6.54 Å². The van der Waals surface area contributed by atoms with Gasteiger partial charge in [-0.1, -0.05) is 19.1 Å². The Morgan fingerprint density at radius 1 is 1.44 bits per heavy atom. The van der Waals surface area contributed by atoms with Crippen molar-refractivity contribution in [2.45, 2.75) is 27.3 Å². The van der Waals surface area contributed by atoms with Crippen LogP contribution in [0.4, 0.5) is 0 Å². The molecule has 0 radical (unpaired) electrons. The number of aromatic nitrogens is 3. The molecule has 1 aromatic rings. The Bertz CT molecular complexity index is 123. The zero-order chi connectivity index (χ0) is 7.11. The van der Waals surface area contributed by atoms with Gasteiger partial charge in [-0.05, 0) is 6.92 Å². The highest BCUT2D eigenvalue weighted by Crippen LogP contribution is 1.75. The summed E-state index contributed by atoms with van der Waals surface area (Å²) in [5.74, 6) is 0. The Kier molecular flexibility index (Phi) is 4.78. The molecular weight excluding hydrogens is 114 g/mol. The van der Waals surface area contributed by atoms with Crippen molar-refractivity contribution in [3.05, 3.63) is 12.4 Å². The van der Waals surface area contributed by atoms with Crippen LogP contribution in [0.1, 0.15) is 20.8 Å². The van der Waals surface area contributed by atoms with E-state index in [0.29, 0.717) is 0 Å². The average molecular weight is 127 g/mol. The summed E-state index contributed by atoms with van der Waals surface area (Å²) in [7, 11) is 0. The van der Waals surface area contributed by atoms with E-state index >= 15 is 0 Å². The lowest BCUT2D eigenvalue weighted by Crippen LogP contribution is -1.92. The Morgan fingerprint density at radius 2 is 2.11 bits per heavy atom. The van der Waals surface area contributed by atoms with E-state index in [9.17, 15) is 0 Å². The molecule has 0 amide bonds. The van der Waals surface area contributed by atoms with Gasteiger partial charge in [-0.2, -0.15) is 0 Å². The number of hydrogen-bond acceptors (Lipinski definition) is 2. The van der Waals surface area contributed by atoms with Crippen LogP contribution in [0.2, 0.25) is 0 Å². The van der Waals surface area contributed by atoms with E-state index in [-0.39, 0.29) is 0 Å². The molecule has 0 aliphatic carbocycles. The molecule has 0 aromatic carbocycles. The molecule has 3 heteroatoms. The zero-order valence-corrected chi connectivity index (χ0v) is 6.20. The van der Waals surface area contributed by atoms with Crippen LogP contribution in [0, 0.1) is 0 Å². The van der Waals surface area contributed by atoms with Crippen LogP contribution in [0.3, 0.4) is 0 Å². The summed E-state index contributed by atoms with van der Waals surface area (Å²) in [5, 5.41) is 7.31. The fourth-order valence-electron chi connectivity index (χ4n) is 0.401. The van der Waals surface area contributed by atoms with Gasteiger partial charge in [0.25, 0.3) is 0 Å². The Morgan fingerprint density at radius 3 is 2.33 bits per heavy atom. The highest BCUT2D eigenvalue weighted by molar-refractivity contribution is 4.61. The third kappa shape index (κ3) is 2.85. The molecule has 0 atom stereocenters. The number of hydrogen-bond donors (Lipinski definition) is 0. The Balaban J connectivity index is 0.000000291. The maximum absolute atomic E-state index is 3.70. The second-order valence-electron chi connectivity index (χ2n) is 1.26. The third-order valence-corrected chi connectivity index (χ3v) is 0.796. The van der Waals surface area contributed by atoms with Gasteiger partial charge in [0.05, 0.1) is 6.20 Å². The van der Waals surface area contributed by atoms with Gasteiger partial charge in [0.15, 0.2) is 0 Å². The molecule has 0 bridgehead atoms. The van der Waals surface area contributed by atoms with Crippen molar-refractivity contribution >= 4 is 0 Å². The van der Waals surface area contributed by atoms with E-state index in [4.69, 9.17) is 0 Å². The number of nitrogens with zero attached hydrogens (tertiary/aromatic N) is 3. The van der Waals surface area contributed by atoms with Gasteiger partial charge in [-0.25, -0.2) is 0 Å². The first-order chi connectivity index (χ1) is 4.43. The lowest BCUT2D eigenvalue weighted by molar-refractivity contribution is 0.627. The monoisotopic (exact) mass is 127 g/mol. The first kappa shape index (κ1) is 8.14. The van der Waals surface area contributed by atoms with Crippen LogP contribution in [-0.2, 0) is 6.54 Å². The predicted molar refractivity (Wildman–Crippen MR) is 37.0 cm³/mol. The summed E-state index contributed by atoms with van der Waals surface area (Å²) in [6, 6.07) is 0. The smallest absolute Gasteiger partial charge is 0.0692 e. The van der Waals surface area contributed by atoms with E-state index in [1.165, 1.54) is 0 Å². The summed E-state index contributed by atoms with van der Waals surface area (Å²) < 4.78 is 1.76. The molecule has 3 nitrogen and oxygen atoms in total. The molecule has 0 N–H and O–H groups in total. The zero-order valence-electron chi connectivity index (χ0n) is 6.20. The largest absolute Gasteiger partial charge is 0.253 e. The van der Waals surface area contributed by atoms with E-state index in [1.54, 1.807) is 10.9 Å². The summed E-state index contributed by atoms with van der Waals surface area (Å²) in [6.07, 6.45) is 3.50. The third-order valence-electron chi connectivity index (χ3n) is 0.796. The van der Waals surface area contributed by atoms with Crippen LogP contribution in [0.15, 0.2) is 12.4 Å². The van der Waals surface area contributed by atoms with Crippen molar-refractivity contribution in [1.82, 2.24) is 15.0 Å². The molecule has 0 saturated heterocycles. The molecule has 52 valence electrons. The standard InChI is InChI=1S/C4H7N3.C2H6/c1-2-7-4-3-5-6-7;1-2/h3-4H,2H2,1H3;1-2H3. The summed E-state index contributed by atoms with van der Waals surface area (Å²) in [5.41, 5.74) is 0. The maximum atomic E-state index is 3.70. The van der Waals surface area contributed by atoms with Crippen LogP contribution in [-0.4, -0.2) is 15.0 Å². The maximum Gasteiger partial charge on any atom is 0.0692 e. The number of aryl methyl sites for hydroxylation is 1. The molecule has 1 heterocycles. The predicted octanol–water partition coefficient (Wildman–Crippen LogP) is 1.32. The molecule has 1 rings (SSSR count). The SMILES string of the molecule is CC.CCn1ccnn1. The molecule has 0 spiro atoms. The van der Waals surface area contributed by atoms with Crippen molar-refractivity contribution in [2.75, 3.05) is 0 Å². The van der Waals surface area contributed by atoms with Gasteiger partial charge in [0.1, 0.15) is 0 Å². The molecule has 9 heavy (non-hydrogen) atoms. The first-order valence-electron chi connectivity index (χ1n) is 3.27. The fourth-order valence-corrected chi connectivity index (χ4v) is 0.401. The van der Waals surface area contributed by atoms with Gasteiger partial charge in [0, 0.05) is 12.7 Å². The van der Waals surface area contributed by atoms with Gasteiger partial charge >= 0.3 is 0 Å². The van der Waals surface area contributed by atoms with E-state index in [1.807, 2.05) is 27.0 Å². The van der Waals surface area contributed by atoms with Crippen LogP contribution in [0.5, 0.6) is 0 Å². The van der Waals surface area contributed by atoms with Crippen LogP contribution < -0.4 is 0 Å². The van der Waals surface area contributed by atoms with Gasteiger partial charge in [-0.3, -0.25) is 4.68 Å². The minimum atomic E-state index is 0.903. The second-order valence-corrected chi connectivity index (χ2v) is 1.26. The van der Waals surface area contributed by atoms with Crippen molar-refractivity contribution in [1.29, 1.82) is 0 Å². The molecule has 0 saturated carbocycles. The highest BCUT2D eigenvalue weighted by atomic mass is 15.4. The molecule has 1 aromatic heterocycles. The van der Waals surface area contributed by atoms with Gasteiger partial charge in [0.2, 0.25) is 0 Å². The van der Waals surface area contributed by atoms with Crippen molar-refractivity contribution < 1.29 is 0 Å². The van der Waals surface area contributed by atoms with Gasteiger partial charge < -0.3 is 0 Å². The molecular formula is C6H13N3. The van der Waals surface area contributed by atoms with E-state index in [2.05, 4.69) is 10.3 Å². The minimum absolute atomic E-state index is 0.903. The first-order valence-corrected chi connectivity index (χ1v) is 3.27. The van der Waals surface area contributed by atoms with Gasteiger partial charge in [-0.15, -0.1) is 5.10 Å². The minimum Gasteiger partial charge on any atom is -0.253 e. The average Bonchev–Trinajstić information content (AvgIpc) is 2.43.